The molecule has 0 aromatic carbocycles. The van der Waals surface area contributed by atoms with Crippen LogP contribution in [-0.2, 0) is 11.2 Å². The number of hydrogen-bond donors (Lipinski definition) is 2. The maximum Gasteiger partial charge on any atom is 0.226 e. The summed E-state index contributed by atoms with van der Waals surface area (Å²) >= 11 is 0. The molecular formula is C13H20ClN3O. The number of nitrogens with two attached hydrogens (primary N) is 1. The average Bonchev–Trinajstić information content (AvgIpc) is 2.33. The van der Waals surface area contributed by atoms with Crippen molar-refractivity contribution in [1.82, 2.24) is 10.3 Å². The third-order valence-electron chi connectivity index (χ3n) is 3.16. The summed E-state index contributed by atoms with van der Waals surface area (Å²) in [5.74, 6) is 0.0640. The number of carbonyl (C=O) groups is 1. The molecule has 1 amide bonds. The van der Waals surface area contributed by atoms with Crippen LogP contribution >= 0.6 is 12.4 Å². The fraction of sp³-hybridized carbons (Fsp3) is 0.538. The minimum Gasteiger partial charge on any atom is -0.397 e. The molecule has 0 spiro atoms. The van der Waals surface area contributed by atoms with Crippen LogP contribution < -0.4 is 11.1 Å². The second-order valence-corrected chi connectivity index (χ2v) is 4.66. The highest BCUT2D eigenvalue weighted by atomic mass is 35.5. The molecule has 1 aliphatic carbocycles. The Hall–Kier alpha value is -1.29. The largest absolute Gasteiger partial charge is 0.397 e. The van der Waals surface area contributed by atoms with Gasteiger partial charge in [-0.25, -0.2) is 0 Å². The number of pyridine rings is 1. The van der Waals surface area contributed by atoms with Gasteiger partial charge in [0.05, 0.1) is 18.3 Å². The van der Waals surface area contributed by atoms with Gasteiger partial charge >= 0.3 is 0 Å². The van der Waals surface area contributed by atoms with Crippen LogP contribution in [0.1, 0.15) is 37.8 Å². The second-order valence-electron chi connectivity index (χ2n) is 4.66. The first kappa shape index (κ1) is 14.8. The Morgan fingerprint density at radius 3 is 2.67 bits per heavy atom. The molecule has 1 aliphatic rings. The van der Waals surface area contributed by atoms with Crippen LogP contribution in [0.5, 0.6) is 0 Å². The molecule has 4 nitrogen and oxygen atoms in total. The highest BCUT2D eigenvalue weighted by Gasteiger charge is 2.15. The topological polar surface area (TPSA) is 68.0 Å². The van der Waals surface area contributed by atoms with E-state index in [-0.39, 0.29) is 18.3 Å². The summed E-state index contributed by atoms with van der Waals surface area (Å²) in [4.78, 5) is 15.9. The zero-order valence-electron chi connectivity index (χ0n) is 10.4. The van der Waals surface area contributed by atoms with Crippen molar-refractivity contribution in [2.45, 2.75) is 44.6 Å². The summed E-state index contributed by atoms with van der Waals surface area (Å²) in [6.45, 7) is 0. The SMILES string of the molecule is Cl.Nc1ccc(CC(=O)NC2CCCCC2)nc1. The van der Waals surface area contributed by atoms with Crippen LogP contribution in [-0.4, -0.2) is 16.9 Å². The molecular weight excluding hydrogens is 250 g/mol. The number of nitrogens with one attached hydrogen (secondary N) is 1. The minimum absolute atomic E-state index is 0. The van der Waals surface area contributed by atoms with Crippen LogP contribution in [0.15, 0.2) is 18.3 Å². The molecule has 100 valence electrons. The first-order valence-corrected chi connectivity index (χ1v) is 6.24. The lowest BCUT2D eigenvalue weighted by Crippen LogP contribution is -2.37. The summed E-state index contributed by atoms with van der Waals surface area (Å²) in [6.07, 6.45) is 7.91. The first-order chi connectivity index (χ1) is 8.24. The van der Waals surface area contributed by atoms with E-state index in [2.05, 4.69) is 10.3 Å². The highest BCUT2D eigenvalue weighted by molar-refractivity contribution is 5.85. The summed E-state index contributed by atoms with van der Waals surface area (Å²) in [7, 11) is 0. The van der Waals surface area contributed by atoms with Crippen LogP contribution in [0, 0.1) is 0 Å². The molecule has 3 N–H and O–H groups in total. The molecule has 0 aliphatic heterocycles. The van der Waals surface area contributed by atoms with Gasteiger partial charge in [0.2, 0.25) is 5.91 Å². The number of aromatic nitrogens is 1. The van der Waals surface area contributed by atoms with Gasteiger partial charge in [-0.05, 0) is 25.0 Å². The lowest BCUT2D eigenvalue weighted by atomic mass is 9.95. The van der Waals surface area contributed by atoms with E-state index in [4.69, 9.17) is 5.73 Å². The molecule has 1 fully saturated rings. The fourth-order valence-electron chi connectivity index (χ4n) is 2.23. The second kappa shape index (κ2) is 7.21. The number of nitrogen functional groups attached to an aromatic ring is 1. The smallest absolute Gasteiger partial charge is 0.226 e. The molecule has 5 heteroatoms. The van der Waals surface area contributed by atoms with Gasteiger partial charge in [-0.15, -0.1) is 12.4 Å². The van der Waals surface area contributed by atoms with Gasteiger partial charge in [-0.2, -0.15) is 0 Å². The van der Waals surface area contributed by atoms with Gasteiger partial charge in [0.1, 0.15) is 0 Å². The van der Waals surface area contributed by atoms with Gasteiger partial charge in [-0.1, -0.05) is 19.3 Å². The number of hydrogen-bond acceptors (Lipinski definition) is 3. The van der Waals surface area contributed by atoms with Crippen molar-refractivity contribution >= 4 is 24.0 Å². The average molecular weight is 270 g/mol. The van der Waals surface area contributed by atoms with Crippen molar-refractivity contribution in [2.75, 3.05) is 5.73 Å². The summed E-state index contributed by atoms with van der Waals surface area (Å²) in [5.41, 5.74) is 6.94. The third kappa shape index (κ3) is 4.53. The number of halogens is 1. The molecule has 18 heavy (non-hydrogen) atoms. The van der Waals surface area contributed by atoms with E-state index in [0.29, 0.717) is 18.2 Å². The Morgan fingerprint density at radius 2 is 2.06 bits per heavy atom. The van der Waals surface area contributed by atoms with E-state index in [0.717, 1.165) is 18.5 Å². The van der Waals surface area contributed by atoms with Crippen molar-refractivity contribution in [3.63, 3.8) is 0 Å². The normalized spacial score (nSPS) is 15.8. The van der Waals surface area contributed by atoms with Gasteiger partial charge in [-0.3, -0.25) is 9.78 Å². The third-order valence-corrected chi connectivity index (χ3v) is 3.16. The molecule has 1 aromatic rings. The van der Waals surface area contributed by atoms with E-state index in [9.17, 15) is 4.79 Å². The van der Waals surface area contributed by atoms with Gasteiger partial charge in [0.15, 0.2) is 0 Å². The molecule has 0 unspecified atom stereocenters. The molecule has 0 radical (unpaired) electrons. The van der Waals surface area contributed by atoms with Crippen molar-refractivity contribution in [1.29, 1.82) is 0 Å². The van der Waals surface area contributed by atoms with Crippen LogP contribution in [0.4, 0.5) is 5.69 Å². The number of anilines is 1. The zero-order valence-corrected chi connectivity index (χ0v) is 11.2. The van der Waals surface area contributed by atoms with Gasteiger partial charge in [0.25, 0.3) is 0 Å². The van der Waals surface area contributed by atoms with Gasteiger partial charge in [0, 0.05) is 11.7 Å². The summed E-state index contributed by atoms with van der Waals surface area (Å²) in [6, 6.07) is 3.94. The van der Waals surface area contributed by atoms with Crippen molar-refractivity contribution in [3.05, 3.63) is 24.0 Å². The Labute approximate surface area is 114 Å². The fourth-order valence-corrected chi connectivity index (χ4v) is 2.23. The lowest BCUT2D eigenvalue weighted by Gasteiger charge is -2.22. The molecule has 2 rings (SSSR count). The Bertz CT molecular complexity index is 374. The number of amides is 1. The number of carbonyl (C=O) groups excluding carboxylic acids is 1. The molecule has 1 saturated carbocycles. The zero-order chi connectivity index (χ0) is 12.1. The quantitative estimate of drug-likeness (QED) is 0.883. The summed E-state index contributed by atoms with van der Waals surface area (Å²) < 4.78 is 0. The molecule has 1 aromatic heterocycles. The summed E-state index contributed by atoms with van der Waals surface area (Å²) in [5, 5.41) is 3.07. The van der Waals surface area contributed by atoms with Crippen molar-refractivity contribution < 1.29 is 4.79 Å². The number of nitrogens with zero attached hydrogens (tertiary/aromatic N) is 1. The van der Waals surface area contributed by atoms with Crippen LogP contribution in [0.25, 0.3) is 0 Å². The van der Waals surface area contributed by atoms with Crippen molar-refractivity contribution in [2.24, 2.45) is 0 Å². The maximum atomic E-state index is 11.8. The van der Waals surface area contributed by atoms with E-state index in [1.165, 1.54) is 19.3 Å². The number of rotatable bonds is 3. The predicted molar refractivity (Wildman–Crippen MR) is 74.6 cm³/mol. The highest BCUT2D eigenvalue weighted by Crippen LogP contribution is 2.17. The van der Waals surface area contributed by atoms with E-state index < -0.39 is 0 Å². The first-order valence-electron chi connectivity index (χ1n) is 6.24. The predicted octanol–water partition coefficient (Wildman–Crippen LogP) is 2.08. The lowest BCUT2D eigenvalue weighted by molar-refractivity contribution is -0.121. The molecule has 0 saturated heterocycles. The van der Waals surface area contributed by atoms with E-state index in [1.807, 2.05) is 0 Å². The minimum atomic E-state index is 0. The van der Waals surface area contributed by atoms with E-state index >= 15 is 0 Å². The van der Waals surface area contributed by atoms with Crippen molar-refractivity contribution in [3.8, 4) is 0 Å². The van der Waals surface area contributed by atoms with Crippen LogP contribution in [0.3, 0.4) is 0 Å². The standard InChI is InChI=1S/C13H19N3O.ClH/c14-10-6-7-12(15-9-10)8-13(17)16-11-4-2-1-3-5-11;/h6-7,9,11H,1-5,8,14H2,(H,16,17);1H. The van der Waals surface area contributed by atoms with Gasteiger partial charge < -0.3 is 11.1 Å². The maximum absolute atomic E-state index is 11.8. The monoisotopic (exact) mass is 269 g/mol. The Kier molecular flexibility index (Phi) is 5.92. The van der Waals surface area contributed by atoms with E-state index in [1.54, 1.807) is 18.3 Å². The van der Waals surface area contributed by atoms with Crippen LogP contribution in [0.2, 0.25) is 0 Å². The molecule has 0 bridgehead atoms. The molecule has 1 heterocycles. The molecule has 0 atom stereocenters. The Morgan fingerprint density at radius 1 is 1.33 bits per heavy atom. The Balaban J connectivity index is 0.00000162.